The Labute approximate surface area is 79.8 Å². The second kappa shape index (κ2) is 3.90. The van der Waals surface area contributed by atoms with Crippen molar-refractivity contribution < 1.29 is 5.21 Å². The molecule has 13 heavy (non-hydrogen) atoms. The van der Waals surface area contributed by atoms with Gasteiger partial charge in [0.05, 0.1) is 0 Å². The van der Waals surface area contributed by atoms with Crippen molar-refractivity contribution in [3.8, 4) is 0 Å². The van der Waals surface area contributed by atoms with Crippen molar-refractivity contribution in [1.82, 2.24) is 5.06 Å². The summed E-state index contributed by atoms with van der Waals surface area (Å²) in [4.78, 5) is 0. The molecule has 0 aliphatic rings. The topological polar surface area (TPSA) is 23.5 Å². The lowest BCUT2D eigenvalue weighted by molar-refractivity contribution is -0.0734. The van der Waals surface area contributed by atoms with E-state index in [1.165, 1.54) is 27.3 Å². The normalized spacial score (nSPS) is 10.9. The number of hydroxylamine groups is 2. The molecule has 0 atom stereocenters. The highest BCUT2D eigenvalue weighted by atomic mass is 16.5. The van der Waals surface area contributed by atoms with Gasteiger partial charge in [0.2, 0.25) is 0 Å². The van der Waals surface area contributed by atoms with E-state index in [4.69, 9.17) is 5.21 Å². The van der Waals surface area contributed by atoms with Crippen molar-refractivity contribution in [2.75, 3.05) is 7.05 Å². The van der Waals surface area contributed by atoms with Crippen molar-refractivity contribution in [3.05, 3.63) is 34.4 Å². The molecule has 0 unspecified atom stereocenters. The molecule has 1 N–H and O–H groups in total. The molecule has 0 fully saturated rings. The van der Waals surface area contributed by atoms with Crippen LogP contribution in [0.3, 0.4) is 0 Å². The number of nitrogens with zero attached hydrogens (tertiary/aromatic N) is 1. The molecule has 2 heteroatoms. The van der Waals surface area contributed by atoms with Crippen LogP contribution < -0.4 is 0 Å². The predicted molar refractivity (Wildman–Crippen MR) is 53.9 cm³/mol. The van der Waals surface area contributed by atoms with Crippen molar-refractivity contribution in [2.45, 2.75) is 27.3 Å². The molecule has 0 heterocycles. The fraction of sp³-hybridized carbons (Fsp3) is 0.455. The van der Waals surface area contributed by atoms with Crippen LogP contribution in [0.5, 0.6) is 0 Å². The Morgan fingerprint density at radius 2 is 1.62 bits per heavy atom. The van der Waals surface area contributed by atoms with Crippen LogP contribution in [0.25, 0.3) is 0 Å². The fourth-order valence-corrected chi connectivity index (χ4v) is 1.69. The van der Waals surface area contributed by atoms with Crippen molar-refractivity contribution in [2.24, 2.45) is 0 Å². The van der Waals surface area contributed by atoms with Gasteiger partial charge in [-0.2, -0.15) is 5.06 Å². The molecule has 0 saturated carbocycles. The van der Waals surface area contributed by atoms with Gasteiger partial charge in [0.25, 0.3) is 0 Å². The quantitative estimate of drug-likeness (QED) is 0.705. The van der Waals surface area contributed by atoms with E-state index in [9.17, 15) is 0 Å². The Morgan fingerprint density at radius 1 is 1.15 bits per heavy atom. The molecule has 0 aromatic heterocycles. The van der Waals surface area contributed by atoms with Crippen LogP contribution in [0.4, 0.5) is 0 Å². The highest BCUT2D eigenvalue weighted by Crippen LogP contribution is 2.17. The van der Waals surface area contributed by atoms with Crippen LogP contribution in [0.2, 0.25) is 0 Å². The van der Waals surface area contributed by atoms with Gasteiger partial charge in [-0.3, -0.25) is 0 Å². The lowest BCUT2D eigenvalue weighted by Crippen LogP contribution is -2.13. The van der Waals surface area contributed by atoms with Gasteiger partial charge in [-0.25, -0.2) is 0 Å². The number of benzene rings is 1. The molecule has 0 amide bonds. The number of hydrogen-bond donors (Lipinski definition) is 1. The maximum Gasteiger partial charge on any atom is 0.0490 e. The van der Waals surface area contributed by atoms with Crippen molar-refractivity contribution in [1.29, 1.82) is 0 Å². The lowest BCUT2D eigenvalue weighted by atomic mass is 10.00. The second-order valence-corrected chi connectivity index (χ2v) is 3.69. The van der Waals surface area contributed by atoms with Gasteiger partial charge < -0.3 is 5.21 Å². The Balaban J connectivity index is 3.06. The molecule has 72 valence electrons. The minimum atomic E-state index is 0.595. The first-order valence-corrected chi connectivity index (χ1v) is 4.47. The molecular formula is C11H17NO. The van der Waals surface area contributed by atoms with Crippen LogP contribution in [-0.2, 0) is 6.54 Å². The average Bonchev–Trinajstić information content (AvgIpc) is 1.96. The van der Waals surface area contributed by atoms with E-state index in [1.807, 2.05) is 0 Å². The second-order valence-electron chi connectivity index (χ2n) is 3.69. The highest BCUT2D eigenvalue weighted by molar-refractivity contribution is 5.37. The maximum absolute atomic E-state index is 9.16. The molecule has 0 radical (unpaired) electrons. The number of hydrogen-bond acceptors (Lipinski definition) is 2. The standard InChI is InChI=1S/C11H17NO/c1-8-5-9(2)11(7-12(4)13)10(3)6-8/h5-6,13H,7H2,1-4H3. The summed E-state index contributed by atoms with van der Waals surface area (Å²) in [5, 5.41) is 10.4. The fourth-order valence-electron chi connectivity index (χ4n) is 1.69. The minimum Gasteiger partial charge on any atom is -0.314 e. The molecule has 0 aliphatic carbocycles. The number of rotatable bonds is 2. The molecule has 0 saturated heterocycles. The molecule has 1 rings (SSSR count). The molecular weight excluding hydrogens is 162 g/mol. The maximum atomic E-state index is 9.16. The first-order chi connectivity index (χ1) is 6.00. The lowest BCUT2D eigenvalue weighted by Gasteiger charge is -2.14. The molecule has 2 nitrogen and oxygen atoms in total. The summed E-state index contributed by atoms with van der Waals surface area (Å²) < 4.78 is 0. The van der Waals surface area contributed by atoms with E-state index in [1.54, 1.807) is 7.05 Å². The van der Waals surface area contributed by atoms with Gasteiger partial charge in [0.1, 0.15) is 0 Å². The van der Waals surface area contributed by atoms with Gasteiger partial charge in [0.15, 0.2) is 0 Å². The summed E-state index contributed by atoms with van der Waals surface area (Å²) >= 11 is 0. The van der Waals surface area contributed by atoms with E-state index in [2.05, 4.69) is 32.9 Å². The smallest absolute Gasteiger partial charge is 0.0490 e. The predicted octanol–water partition coefficient (Wildman–Crippen LogP) is 2.43. The molecule has 1 aromatic carbocycles. The van der Waals surface area contributed by atoms with Gasteiger partial charge in [-0.1, -0.05) is 17.7 Å². The van der Waals surface area contributed by atoms with Crippen LogP contribution in [-0.4, -0.2) is 17.3 Å². The van der Waals surface area contributed by atoms with E-state index in [0.29, 0.717) is 6.54 Å². The molecule has 1 aromatic rings. The Bertz CT molecular complexity index is 282. The Hall–Kier alpha value is -0.860. The third-order valence-electron chi connectivity index (χ3n) is 2.23. The Kier molecular flexibility index (Phi) is 3.07. The van der Waals surface area contributed by atoms with Gasteiger partial charge in [-0.15, -0.1) is 0 Å². The van der Waals surface area contributed by atoms with E-state index in [-0.39, 0.29) is 0 Å². The zero-order valence-corrected chi connectivity index (χ0v) is 8.76. The van der Waals surface area contributed by atoms with Crippen molar-refractivity contribution in [3.63, 3.8) is 0 Å². The highest BCUT2D eigenvalue weighted by Gasteiger charge is 2.04. The van der Waals surface area contributed by atoms with Gasteiger partial charge >= 0.3 is 0 Å². The van der Waals surface area contributed by atoms with Gasteiger partial charge in [-0.05, 0) is 37.5 Å². The van der Waals surface area contributed by atoms with Crippen LogP contribution in [0, 0.1) is 20.8 Å². The van der Waals surface area contributed by atoms with Crippen LogP contribution >= 0.6 is 0 Å². The zero-order chi connectivity index (χ0) is 10.0. The summed E-state index contributed by atoms with van der Waals surface area (Å²) in [5.41, 5.74) is 4.99. The molecule has 0 spiro atoms. The van der Waals surface area contributed by atoms with E-state index < -0.39 is 0 Å². The summed E-state index contributed by atoms with van der Waals surface area (Å²) in [5.74, 6) is 0. The van der Waals surface area contributed by atoms with E-state index >= 15 is 0 Å². The minimum absolute atomic E-state index is 0.595. The van der Waals surface area contributed by atoms with Crippen LogP contribution in [0.1, 0.15) is 22.3 Å². The molecule has 0 bridgehead atoms. The van der Waals surface area contributed by atoms with E-state index in [0.717, 1.165) is 0 Å². The Morgan fingerprint density at radius 3 is 2.00 bits per heavy atom. The monoisotopic (exact) mass is 179 g/mol. The number of aryl methyl sites for hydroxylation is 3. The summed E-state index contributed by atoms with van der Waals surface area (Å²) in [6.07, 6.45) is 0. The largest absolute Gasteiger partial charge is 0.314 e. The SMILES string of the molecule is Cc1cc(C)c(CN(C)O)c(C)c1. The van der Waals surface area contributed by atoms with Crippen LogP contribution in [0.15, 0.2) is 12.1 Å². The average molecular weight is 179 g/mol. The third kappa shape index (κ3) is 2.54. The summed E-state index contributed by atoms with van der Waals surface area (Å²) in [6, 6.07) is 4.29. The summed E-state index contributed by atoms with van der Waals surface area (Å²) in [6.45, 7) is 6.85. The third-order valence-corrected chi connectivity index (χ3v) is 2.23. The molecule has 0 aliphatic heterocycles. The summed E-state index contributed by atoms with van der Waals surface area (Å²) in [7, 11) is 1.67. The first-order valence-electron chi connectivity index (χ1n) is 4.47. The zero-order valence-electron chi connectivity index (χ0n) is 8.76. The van der Waals surface area contributed by atoms with Gasteiger partial charge in [0, 0.05) is 13.6 Å². The first kappa shape index (κ1) is 10.2. The van der Waals surface area contributed by atoms with Crippen molar-refractivity contribution >= 4 is 0 Å².